The molecule has 0 amide bonds. The number of likely N-dealkylation sites (tertiary alicyclic amines) is 1. The summed E-state index contributed by atoms with van der Waals surface area (Å²) in [6.45, 7) is 1.57. The lowest BCUT2D eigenvalue weighted by Gasteiger charge is -2.40. The van der Waals surface area contributed by atoms with Gasteiger partial charge in [0, 0.05) is 12.6 Å². The number of anilines is 1. The molecule has 2 N–H and O–H groups in total. The van der Waals surface area contributed by atoms with E-state index < -0.39 is 11.7 Å². The van der Waals surface area contributed by atoms with E-state index in [1.165, 1.54) is 18.5 Å². The van der Waals surface area contributed by atoms with E-state index in [2.05, 4.69) is 30.2 Å². The third-order valence-electron chi connectivity index (χ3n) is 5.34. The minimum Gasteiger partial charge on any atom is -0.368 e. The zero-order valence-corrected chi connectivity index (χ0v) is 15.4. The predicted molar refractivity (Wildman–Crippen MR) is 99.7 cm³/mol. The van der Waals surface area contributed by atoms with Crippen LogP contribution < -0.4 is 5.32 Å². The van der Waals surface area contributed by atoms with Crippen LogP contribution in [0.4, 0.5) is 19.0 Å². The van der Waals surface area contributed by atoms with Crippen molar-refractivity contribution in [3.05, 3.63) is 48.0 Å². The minimum atomic E-state index is -4.32. The number of aromatic nitrogens is 4. The summed E-state index contributed by atoms with van der Waals surface area (Å²) in [5.74, 6) is 0.922. The molecular weight excluding hydrogens is 369 g/mol. The number of nitrogens with zero attached hydrogens (tertiary/aromatic N) is 4. The normalized spacial score (nSPS) is 21.1. The van der Waals surface area contributed by atoms with Gasteiger partial charge in [0.1, 0.15) is 11.8 Å². The summed E-state index contributed by atoms with van der Waals surface area (Å²) >= 11 is 0. The maximum Gasteiger partial charge on any atom is 0.416 e. The number of alkyl halides is 3. The Morgan fingerprint density at radius 3 is 2.71 bits per heavy atom. The van der Waals surface area contributed by atoms with Gasteiger partial charge in [0.2, 0.25) is 0 Å². The Bertz CT molecular complexity index is 937. The largest absolute Gasteiger partial charge is 0.416 e. The third kappa shape index (κ3) is 3.66. The van der Waals surface area contributed by atoms with E-state index in [9.17, 15) is 13.2 Å². The number of nitrogens with one attached hydrogen (secondary N) is 2. The highest BCUT2D eigenvalue weighted by Gasteiger charge is 2.33. The summed E-state index contributed by atoms with van der Waals surface area (Å²) < 4.78 is 38.7. The monoisotopic (exact) mass is 390 g/mol. The molecule has 1 fully saturated rings. The zero-order chi connectivity index (χ0) is 19.7. The molecule has 1 aromatic carbocycles. The molecule has 0 radical (unpaired) electrons. The van der Waals surface area contributed by atoms with Crippen molar-refractivity contribution in [2.75, 3.05) is 25.5 Å². The van der Waals surface area contributed by atoms with Crippen LogP contribution in [-0.2, 0) is 6.18 Å². The lowest BCUT2D eigenvalue weighted by atomic mass is 9.84. The molecule has 1 aliphatic rings. The highest BCUT2D eigenvalue weighted by Crippen LogP contribution is 2.37. The molecule has 148 valence electrons. The van der Waals surface area contributed by atoms with E-state index in [1.54, 1.807) is 18.5 Å². The zero-order valence-electron chi connectivity index (χ0n) is 15.4. The van der Waals surface area contributed by atoms with E-state index in [4.69, 9.17) is 0 Å². The van der Waals surface area contributed by atoms with Gasteiger partial charge in [0.25, 0.3) is 0 Å². The van der Waals surface area contributed by atoms with E-state index in [0.717, 1.165) is 30.5 Å². The maximum atomic E-state index is 12.9. The molecule has 2 atom stereocenters. The van der Waals surface area contributed by atoms with Crippen LogP contribution in [0.25, 0.3) is 11.2 Å². The first-order valence-corrected chi connectivity index (χ1v) is 9.19. The van der Waals surface area contributed by atoms with Gasteiger partial charge < -0.3 is 10.3 Å². The average molecular weight is 390 g/mol. The van der Waals surface area contributed by atoms with Gasteiger partial charge in [-0.3, -0.25) is 4.90 Å². The Morgan fingerprint density at radius 2 is 1.96 bits per heavy atom. The molecule has 4 rings (SSSR count). The van der Waals surface area contributed by atoms with Crippen LogP contribution in [0.5, 0.6) is 0 Å². The molecule has 0 aliphatic carbocycles. The SMILES string of the molecule is CN1CCCC(CNc2ncnc3nc[nH]c23)C1c1ccc(C(F)(F)F)cc1. The van der Waals surface area contributed by atoms with Crippen LogP contribution in [0.3, 0.4) is 0 Å². The predicted octanol–water partition coefficient (Wildman–Crippen LogP) is 3.87. The third-order valence-corrected chi connectivity index (χ3v) is 5.34. The molecule has 2 unspecified atom stereocenters. The first-order chi connectivity index (χ1) is 13.4. The number of hydrogen-bond donors (Lipinski definition) is 2. The number of benzene rings is 1. The Labute approximate surface area is 160 Å². The van der Waals surface area contributed by atoms with Crippen molar-refractivity contribution < 1.29 is 13.2 Å². The number of aromatic amines is 1. The standard InChI is InChI=1S/C19H21F3N6/c1-28-8-2-3-13(9-23-17-15-18(25-10-24-15)27-11-26-17)16(28)12-4-6-14(7-5-12)19(20,21)22/h4-7,10-11,13,16H,2-3,8-9H2,1H3,(H2,23,24,25,26,27). The molecule has 0 bridgehead atoms. The van der Waals surface area contributed by atoms with Crippen LogP contribution in [0.1, 0.15) is 30.0 Å². The fraction of sp³-hybridized carbons (Fsp3) is 0.421. The highest BCUT2D eigenvalue weighted by atomic mass is 19.4. The second-order valence-corrected chi connectivity index (χ2v) is 7.15. The molecule has 1 aliphatic heterocycles. The van der Waals surface area contributed by atoms with E-state index in [1.807, 2.05) is 7.05 Å². The van der Waals surface area contributed by atoms with Gasteiger partial charge >= 0.3 is 6.18 Å². The molecule has 3 aromatic rings. The molecule has 0 saturated carbocycles. The number of imidazole rings is 1. The average Bonchev–Trinajstić information content (AvgIpc) is 3.15. The second-order valence-electron chi connectivity index (χ2n) is 7.15. The molecule has 1 saturated heterocycles. The topological polar surface area (TPSA) is 69.7 Å². The van der Waals surface area contributed by atoms with Crippen molar-refractivity contribution >= 4 is 17.0 Å². The fourth-order valence-electron chi connectivity index (χ4n) is 4.00. The smallest absolute Gasteiger partial charge is 0.368 e. The van der Waals surface area contributed by atoms with Crippen molar-refractivity contribution in [2.24, 2.45) is 5.92 Å². The Hall–Kier alpha value is -2.68. The van der Waals surface area contributed by atoms with Gasteiger partial charge in [-0.05, 0) is 50.0 Å². The lowest BCUT2D eigenvalue weighted by molar-refractivity contribution is -0.137. The molecule has 0 spiro atoms. The summed E-state index contributed by atoms with van der Waals surface area (Å²) in [6.07, 6.45) is 0.750. The first kappa shape index (κ1) is 18.7. The van der Waals surface area contributed by atoms with E-state index >= 15 is 0 Å². The molecule has 28 heavy (non-hydrogen) atoms. The summed E-state index contributed by atoms with van der Waals surface area (Å²) in [5, 5.41) is 3.37. The molecule has 9 heteroatoms. The second kappa shape index (κ2) is 7.38. The summed E-state index contributed by atoms with van der Waals surface area (Å²) in [7, 11) is 2.02. The van der Waals surface area contributed by atoms with Crippen LogP contribution >= 0.6 is 0 Å². The summed E-state index contributed by atoms with van der Waals surface area (Å²) in [6, 6.07) is 5.57. The van der Waals surface area contributed by atoms with Gasteiger partial charge in [0.05, 0.1) is 11.9 Å². The number of piperidine rings is 1. The Morgan fingerprint density at radius 1 is 1.18 bits per heavy atom. The van der Waals surface area contributed by atoms with Gasteiger partial charge in [-0.25, -0.2) is 15.0 Å². The van der Waals surface area contributed by atoms with Crippen LogP contribution in [-0.4, -0.2) is 45.0 Å². The summed E-state index contributed by atoms with van der Waals surface area (Å²) in [5.41, 5.74) is 1.62. The lowest BCUT2D eigenvalue weighted by Crippen LogP contribution is -2.39. The molecule has 2 aromatic heterocycles. The van der Waals surface area contributed by atoms with Crippen molar-refractivity contribution in [1.29, 1.82) is 0 Å². The quantitative estimate of drug-likeness (QED) is 0.708. The Kier molecular flexibility index (Phi) is 4.92. The Balaban J connectivity index is 1.54. The molecule has 6 nitrogen and oxygen atoms in total. The van der Waals surface area contributed by atoms with Gasteiger partial charge in [0.15, 0.2) is 11.5 Å². The minimum absolute atomic E-state index is 0.0441. The van der Waals surface area contributed by atoms with E-state index in [0.29, 0.717) is 18.0 Å². The molecular formula is C19H21F3N6. The number of rotatable bonds is 4. The molecule has 3 heterocycles. The number of H-pyrrole nitrogens is 1. The summed E-state index contributed by atoms with van der Waals surface area (Å²) in [4.78, 5) is 17.8. The van der Waals surface area contributed by atoms with Gasteiger partial charge in [-0.15, -0.1) is 0 Å². The van der Waals surface area contributed by atoms with Crippen molar-refractivity contribution in [1.82, 2.24) is 24.8 Å². The van der Waals surface area contributed by atoms with Crippen molar-refractivity contribution in [2.45, 2.75) is 25.1 Å². The van der Waals surface area contributed by atoms with Crippen molar-refractivity contribution in [3.63, 3.8) is 0 Å². The number of halogens is 3. The van der Waals surface area contributed by atoms with Crippen LogP contribution in [0.15, 0.2) is 36.9 Å². The maximum absolute atomic E-state index is 12.9. The van der Waals surface area contributed by atoms with Crippen molar-refractivity contribution in [3.8, 4) is 0 Å². The highest BCUT2D eigenvalue weighted by molar-refractivity contribution is 5.81. The number of hydrogen-bond acceptors (Lipinski definition) is 5. The first-order valence-electron chi connectivity index (χ1n) is 9.19. The van der Waals surface area contributed by atoms with Gasteiger partial charge in [-0.2, -0.15) is 13.2 Å². The number of fused-ring (bicyclic) bond motifs is 1. The van der Waals surface area contributed by atoms with E-state index in [-0.39, 0.29) is 12.0 Å². The van der Waals surface area contributed by atoms with Crippen LogP contribution in [0, 0.1) is 5.92 Å². The fourth-order valence-corrected chi connectivity index (χ4v) is 4.00. The van der Waals surface area contributed by atoms with Crippen LogP contribution in [0.2, 0.25) is 0 Å². The van der Waals surface area contributed by atoms with Gasteiger partial charge in [-0.1, -0.05) is 12.1 Å².